The average Bonchev–Trinajstić information content (AvgIpc) is 2.94. The number of methoxy groups -OCH3 is 1. The zero-order chi connectivity index (χ0) is 13.4. The van der Waals surface area contributed by atoms with Crippen molar-refractivity contribution in [3.63, 3.8) is 0 Å². The van der Waals surface area contributed by atoms with Crippen LogP contribution >= 0.6 is 0 Å². The minimum absolute atomic E-state index is 0.106. The van der Waals surface area contributed by atoms with Gasteiger partial charge in [-0.25, -0.2) is 4.98 Å². The average molecular weight is 260 g/mol. The maximum absolute atomic E-state index is 11.2. The molecule has 0 spiro atoms. The molecule has 1 aliphatic rings. The normalized spacial score (nSPS) is 18.8. The molecule has 0 radical (unpaired) electrons. The third kappa shape index (κ3) is 2.09. The molecule has 1 atom stereocenters. The predicted molar refractivity (Wildman–Crippen MR) is 71.9 cm³/mol. The Morgan fingerprint density at radius 3 is 3.11 bits per heavy atom. The van der Waals surface area contributed by atoms with E-state index in [-0.39, 0.29) is 11.9 Å². The first kappa shape index (κ1) is 11.8. The topological polar surface area (TPSA) is 82.2 Å². The number of imidazole rings is 1. The van der Waals surface area contributed by atoms with Crippen LogP contribution in [0.4, 0.5) is 5.95 Å². The largest absolute Gasteiger partial charge is 0.497 e. The van der Waals surface area contributed by atoms with Gasteiger partial charge in [0.15, 0.2) is 0 Å². The fourth-order valence-corrected chi connectivity index (χ4v) is 2.48. The third-order valence-corrected chi connectivity index (χ3v) is 3.47. The number of nitrogens with two attached hydrogens (primary N) is 1. The number of hydrogen-bond donors (Lipinski definition) is 2. The summed E-state index contributed by atoms with van der Waals surface area (Å²) >= 11 is 0. The fraction of sp³-hybridized carbons (Fsp3) is 0.385. The Balaban J connectivity index is 1.94. The molecule has 19 heavy (non-hydrogen) atoms. The summed E-state index contributed by atoms with van der Waals surface area (Å²) in [6, 6.07) is 5.81. The van der Waals surface area contributed by atoms with E-state index in [9.17, 15) is 4.79 Å². The minimum Gasteiger partial charge on any atom is -0.497 e. The number of aromatic nitrogens is 2. The Bertz CT molecular complexity index is 635. The van der Waals surface area contributed by atoms with E-state index < -0.39 is 0 Å². The van der Waals surface area contributed by atoms with E-state index in [0.29, 0.717) is 18.9 Å². The Hall–Kier alpha value is -2.24. The monoisotopic (exact) mass is 260 g/mol. The number of carbonyl (C=O) groups excluding carboxylic acids is 1. The second kappa shape index (κ2) is 4.46. The maximum Gasteiger partial charge on any atom is 0.220 e. The van der Waals surface area contributed by atoms with Crippen LogP contribution in [0.3, 0.4) is 0 Å². The van der Waals surface area contributed by atoms with Crippen LogP contribution in [0.25, 0.3) is 11.0 Å². The van der Waals surface area contributed by atoms with Crippen molar-refractivity contribution in [2.75, 3.05) is 12.8 Å². The lowest BCUT2D eigenvalue weighted by Gasteiger charge is -2.12. The number of nitrogen functional groups attached to an aromatic ring is 1. The zero-order valence-corrected chi connectivity index (χ0v) is 10.7. The molecule has 2 aromatic rings. The summed E-state index contributed by atoms with van der Waals surface area (Å²) < 4.78 is 7.11. The van der Waals surface area contributed by atoms with Crippen LogP contribution < -0.4 is 15.8 Å². The highest BCUT2D eigenvalue weighted by Crippen LogP contribution is 2.24. The van der Waals surface area contributed by atoms with Gasteiger partial charge in [-0.15, -0.1) is 0 Å². The number of rotatable bonds is 3. The second-order valence-corrected chi connectivity index (χ2v) is 4.74. The quantitative estimate of drug-likeness (QED) is 0.859. The van der Waals surface area contributed by atoms with Crippen LogP contribution in [0, 0.1) is 0 Å². The van der Waals surface area contributed by atoms with E-state index >= 15 is 0 Å². The smallest absolute Gasteiger partial charge is 0.220 e. The molecule has 3 rings (SSSR count). The summed E-state index contributed by atoms with van der Waals surface area (Å²) in [5, 5.41) is 2.94. The Morgan fingerprint density at radius 1 is 1.58 bits per heavy atom. The van der Waals surface area contributed by atoms with E-state index in [0.717, 1.165) is 23.2 Å². The van der Waals surface area contributed by atoms with Crippen molar-refractivity contribution in [3.05, 3.63) is 18.2 Å². The highest BCUT2D eigenvalue weighted by Gasteiger charge is 2.22. The number of nitrogens with one attached hydrogen (secondary N) is 1. The predicted octanol–water partition coefficient (Wildman–Crippen LogP) is 0.906. The van der Waals surface area contributed by atoms with Crippen molar-refractivity contribution < 1.29 is 9.53 Å². The van der Waals surface area contributed by atoms with Gasteiger partial charge in [0.25, 0.3) is 0 Å². The lowest BCUT2D eigenvalue weighted by atomic mass is 10.2. The van der Waals surface area contributed by atoms with Crippen molar-refractivity contribution in [2.45, 2.75) is 25.4 Å². The molecule has 1 saturated heterocycles. The number of anilines is 1. The number of hydrogen-bond acceptors (Lipinski definition) is 4. The van der Waals surface area contributed by atoms with Crippen molar-refractivity contribution in [3.8, 4) is 5.75 Å². The Morgan fingerprint density at radius 2 is 2.42 bits per heavy atom. The number of benzene rings is 1. The number of ether oxygens (including phenoxy) is 1. The van der Waals surface area contributed by atoms with Crippen LogP contribution in [0.2, 0.25) is 0 Å². The molecule has 0 aliphatic carbocycles. The van der Waals surface area contributed by atoms with Crippen LogP contribution in [-0.2, 0) is 11.3 Å². The molecule has 3 N–H and O–H groups in total. The first-order valence-corrected chi connectivity index (χ1v) is 6.26. The van der Waals surface area contributed by atoms with E-state index in [1.807, 2.05) is 22.8 Å². The van der Waals surface area contributed by atoms with Gasteiger partial charge in [0.2, 0.25) is 11.9 Å². The summed E-state index contributed by atoms with van der Waals surface area (Å²) in [7, 11) is 1.62. The first-order valence-electron chi connectivity index (χ1n) is 6.26. The summed E-state index contributed by atoms with van der Waals surface area (Å²) in [6.07, 6.45) is 1.43. The van der Waals surface area contributed by atoms with Crippen LogP contribution in [0.5, 0.6) is 5.75 Å². The van der Waals surface area contributed by atoms with Crippen LogP contribution in [-0.4, -0.2) is 28.6 Å². The summed E-state index contributed by atoms with van der Waals surface area (Å²) in [6.45, 7) is 0.653. The molecule has 2 heterocycles. The molecule has 6 nitrogen and oxygen atoms in total. The van der Waals surface area contributed by atoms with Gasteiger partial charge in [0.1, 0.15) is 5.75 Å². The molecule has 6 heteroatoms. The molecular formula is C13H16N4O2. The minimum atomic E-state index is 0.106. The molecule has 1 unspecified atom stereocenters. The molecule has 1 fully saturated rings. The molecule has 0 saturated carbocycles. The van der Waals surface area contributed by atoms with Crippen LogP contribution in [0.15, 0.2) is 18.2 Å². The number of carbonyl (C=O) groups is 1. The van der Waals surface area contributed by atoms with E-state index in [1.54, 1.807) is 7.11 Å². The molecular weight excluding hydrogens is 244 g/mol. The number of nitrogens with zero attached hydrogens (tertiary/aromatic N) is 2. The maximum atomic E-state index is 11.2. The Labute approximate surface area is 110 Å². The first-order chi connectivity index (χ1) is 9.17. The van der Waals surface area contributed by atoms with Crippen LogP contribution in [0.1, 0.15) is 12.8 Å². The van der Waals surface area contributed by atoms with Gasteiger partial charge in [0, 0.05) is 25.1 Å². The highest BCUT2D eigenvalue weighted by molar-refractivity contribution is 5.80. The van der Waals surface area contributed by atoms with E-state index in [1.165, 1.54) is 0 Å². The molecule has 0 bridgehead atoms. The van der Waals surface area contributed by atoms with Gasteiger partial charge < -0.3 is 20.4 Å². The number of amides is 1. The zero-order valence-electron chi connectivity index (χ0n) is 10.7. The molecule has 1 aromatic carbocycles. The molecule has 100 valence electrons. The fourth-order valence-electron chi connectivity index (χ4n) is 2.48. The van der Waals surface area contributed by atoms with Crippen molar-refractivity contribution in [2.24, 2.45) is 0 Å². The second-order valence-electron chi connectivity index (χ2n) is 4.74. The molecule has 1 aliphatic heterocycles. The van der Waals surface area contributed by atoms with E-state index in [4.69, 9.17) is 10.5 Å². The summed E-state index contributed by atoms with van der Waals surface area (Å²) in [5.41, 5.74) is 7.72. The lowest BCUT2D eigenvalue weighted by molar-refractivity contribution is -0.119. The third-order valence-electron chi connectivity index (χ3n) is 3.47. The van der Waals surface area contributed by atoms with Gasteiger partial charge in [-0.2, -0.15) is 0 Å². The van der Waals surface area contributed by atoms with Gasteiger partial charge in [0.05, 0.1) is 18.1 Å². The van der Waals surface area contributed by atoms with E-state index in [2.05, 4.69) is 10.3 Å². The highest BCUT2D eigenvalue weighted by atomic mass is 16.5. The number of fused-ring (bicyclic) bond motifs is 1. The van der Waals surface area contributed by atoms with Gasteiger partial charge in [-0.3, -0.25) is 4.79 Å². The van der Waals surface area contributed by atoms with Gasteiger partial charge in [-0.1, -0.05) is 0 Å². The van der Waals surface area contributed by atoms with Crippen molar-refractivity contribution in [1.29, 1.82) is 0 Å². The summed E-state index contributed by atoms with van der Waals surface area (Å²) in [4.78, 5) is 15.6. The Kier molecular flexibility index (Phi) is 2.77. The van der Waals surface area contributed by atoms with Gasteiger partial charge in [-0.05, 0) is 18.6 Å². The lowest BCUT2D eigenvalue weighted by Crippen LogP contribution is -2.29. The SMILES string of the molecule is COc1ccc2c(c1)nc(N)n2CC1CCC(=O)N1. The van der Waals surface area contributed by atoms with Crippen molar-refractivity contribution >= 4 is 22.9 Å². The molecule has 1 amide bonds. The summed E-state index contributed by atoms with van der Waals surface area (Å²) in [5.74, 6) is 1.32. The van der Waals surface area contributed by atoms with Crippen molar-refractivity contribution in [1.82, 2.24) is 14.9 Å². The van der Waals surface area contributed by atoms with Gasteiger partial charge >= 0.3 is 0 Å². The molecule has 1 aromatic heterocycles. The standard InChI is InChI=1S/C13H16N4O2/c1-19-9-3-4-11-10(6-9)16-13(14)17(11)7-8-2-5-12(18)15-8/h3-4,6,8H,2,5,7H2,1H3,(H2,14,16)(H,15,18).